The molecule has 2 heteroatoms. The first-order chi connectivity index (χ1) is 26.0. The van der Waals surface area contributed by atoms with E-state index in [0.717, 1.165) is 49.4 Å². The molecule has 0 N–H and O–H groups in total. The third kappa shape index (κ3) is 3.87. The smallest absolute Gasteiger partial charge is 0.147 e. The Kier molecular flexibility index (Phi) is 5.60. The molecule has 0 unspecified atom stereocenters. The summed E-state index contributed by atoms with van der Waals surface area (Å²) in [4.78, 5) is 0. The second kappa shape index (κ2) is 10.2. The van der Waals surface area contributed by atoms with Crippen LogP contribution in [0.4, 0.5) is 0 Å². The fraction of sp³-hybridized carbons (Fsp3) is 0.0588. The van der Waals surface area contributed by atoms with Gasteiger partial charge in [0.2, 0.25) is 0 Å². The van der Waals surface area contributed by atoms with Crippen LogP contribution in [-0.4, -0.2) is 0 Å². The van der Waals surface area contributed by atoms with Crippen LogP contribution in [0, 0.1) is 0 Å². The van der Waals surface area contributed by atoms with Crippen molar-refractivity contribution in [1.29, 1.82) is 0 Å². The topological polar surface area (TPSA) is 26.3 Å². The van der Waals surface area contributed by atoms with Crippen molar-refractivity contribution in [3.63, 3.8) is 0 Å². The summed E-state index contributed by atoms with van der Waals surface area (Å²) in [6.07, 6.45) is 0. The van der Waals surface area contributed by atoms with Crippen LogP contribution in [0.3, 0.4) is 0 Å². The Hall–Kier alpha value is -6.64. The van der Waals surface area contributed by atoms with Crippen molar-refractivity contribution >= 4 is 76.2 Å². The lowest BCUT2D eigenvalue weighted by molar-refractivity contribution is 0.660. The predicted octanol–water partition coefficient (Wildman–Crippen LogP) is 14.6. The molecule has 0 atom stereocenters. The van der Waals surface area contributed by atoms with E-state index in [-0.39, 0.29) is 5.41 Å². The van der Waals surface area contributed by atoms with Gasteiger partial charge in [-0.05, 0) is 119 Å². The van der Waals surface area contributed by atoms with Crippen LogP contribution in [0.15, 0.2) is 167 Å². The van der Waals surface area contributed by atoms with Gasteiger partial charge in [0.05, 0.1) is 5.39 Å². The summed E-state index contributed by atoms with van der Waals surface area (Å²) in [5, 5.41) is 11.6. The van der Waals surface area contributed by atoms with Gasteiger partial charge >= 0.3 is 0 Å². The molecule has 248 valence electrons. The van der Waals surface area contributed by atoms with E-state index in [1.807, 2.05) is 0 Å². The minimum Gasteiger partial charge on any atom is -0.456 e. The molecule has 0 radical (unpaired) electrons. The molecule has 2 nitrogen and oxygen atoms in total. The van der Waals surface area contributed by atoms with Crippen LogP contribution < -0.4 is 0 Å². The van der Waals surface area contributed by atoms with Crippen LogP contribution in [0.25, 0.3) is 110 Å². The molecule has 0 saturated heterocycles. The third-order valence-corrected chi connectivity index (χ3v) is 12.0. The molecule has 2 aromatic heterocycles. The Bertz CT molecular complexity index is 3310. The van der Waals surface area contributed by atoms with Crippen molar-refractivity contribution in [2.45, 2.75) is 19.3 Å². The summed E-state index contributed by atoms with van der Waals surface area (Å²) in [5.41, 5.74) is 13.8. The minimum atomic E-state index is -0.0292. The number of furan rings is 2. The molecule has 1 aliphatic carbocycles. The monoisotopic (exact) mass is 676 g/mol. The quantitative estimate of drug-likeness (QED) is 0.170. The van der Waals surface area contributed by atoms with E-state index < -0.39 is 0 Å². The van der Waals surface area contributed by atoms with E-state index in [1.165, 1.54) is 71.3 Å². The molecule has 11 aromatic rings. The lowest BCUT2D eigenvalue weighted by Gasteiger charge is -2.22. The molecular weight excluding hydrogens is 645 g/mol. The number of benzene rings is 9. The van der Waals surface area contributed by atoms with Gasteiger partial charge in [0.1, 0.15) is 22.3 Å². The lowest BCUT2D eigenvalue weighted by Crippen LogP contribution is -2.14. The van der Waals surface area contributed by atoms with E-state index in [1.54, 1.807) is 0 Å². The van der Waals surface area contributed by atoms with E-state index in [0.29, 0.717) is 0 Å². The third-order valence-electron chi connectivity index (χ3n) is 12.0. The van der Waals surface area contributed by atoms with Crippen molar-refractivity contribution in [1.82, 2.24) is 0 Å². The van der Waals surface area contributed by atoms with Gasteiger partial charge in [-0.2, -0.15) is 0 Å². The molecule has 0 fully saturated rings. The molecule has 0 amide bonds. The van der Waals surface area contributed by atoms with Crippen molar-refractivity contribution in [2.24, 2.45) is 0 Å². The summed E-state index contributed by atoms with van der Waals surface area (Å²) >= 11 is 0. The average Bonchev–Trinajstić information content (AvgIpc) is 3.82. The van der Waals surface area contributed by atoms with Crippen LogP contribution in [-0.2, 0) is 5.41 Å². The van der Waals surface area contributed by atoms with Gasteiger partial charge in [0.15, 0.2) is 0 Å². The number of hydrogen-bond donors (Lipinski definition) is 0. The molecular formula is C51H32O2. The first-order valence-electron chi connectivity index (χ1n) is 18.4. The second-order valence-corrected chi connectivity index (χ2v) is 15.2. The maximum Gasteiger partial charge on any atom is 0.147 e. The van der Waals surface area contributed by atoms with Crippen LogP contribution in [0.2, 0.25) is 0 Å². The van der Waals surface area contributed by atoms with Gasteiger partial charge in [-0.15, -0.1) is 0 Å². The fourth-order valence-electron chi connectivity index (χ4n) is 9.56. The van der Waals surface area contributed by atoms with Crippen molar-refractivity contribution < 1.29 is 8.83 Å². The van der Waals surface area contributed by atoms with Gasteiger partial charge < -0.3 is 8.83 Å². The van der Waals surface area contributed by atoms with Crippen LogP contribution in [0.5, 0.6) is 0 Å². The maximum atomic E-state index is 6.64. The highest BCUT2D eigenvalue weighted by Gasteiger charge is 2.35. The zero-order chi connectivity index (χ0) is 35.0. The molecule has 0 saturated carbocycles. The Morgan fingerprint density at radius 2 is 0.943 bits per heavy atom. The molecule has 53 heavy (non-hydrogen) atoms. The zero-order valence-corrected chi connectivity index (χ0v) is 29.3. The van der Waals surface area contributed by atoms with Crippen molar-refractivity contribution in [3.05, 3.63) is 169 Å². The Morgan fingerprint density at radius 1 is 0.377 bits per heavy atom. The number of rotatable bonds is 2. The van der Waals surface area contributed by atoms with Gasteiger partial charge in [-0.3, -0.25) is 0 Å². The standard InChI is InChI=1S/C51H32O2/c1-51(2)42-18-10-9-13-33(42)40-26-31(20-23-43(40)51)47-34-14-5-7-16-36(34)48(37-17-8-6-15-35(37)47)32-19-21-39-45(28-32)52-44-24-22-38-41-25-29-11-3-4-12-30(29)27-46(41)53-50(38)49(39)44/h3-28H,1-2H3. The minimum absolute atomic E-state index is 0.0292. The predicted molar refractivity (Wildman–Crippen MR) is 222 cm³/mol. The van der Waals surface area contributed by atoms with Crippen LogP contribution in [0.1, 0.15) is 25.0 Å². The summed E-state index contributed by atoms with van der Waals surface area (Å²) in [6, 6.07) is 57.6. The highest BCUT2D eigenvalue weighted by Crippen LogP contribution is 2.51. The summed E-state index contributed by atoms with van der Waals surface area (Å²) in [6.45, 7) is 4.69. The Labute approximate surface area is 305 Å². The normalized spacial score (nSPS) is 13.6. The molecule has 0 aliphatic heterocycles. The molecule has 12 rings (SSSR count). The molecule has 1 aliphatic rings. The zero-order valence-electron chi connectivity index (χ0n) is 29.3. The Morgan fingerprint density at radius 3 is 1.68 bits per heavy atom. The average molecular weight is 677 g/mol. The second-order valence-electron chi connectivity index (χ2n) is 15.2. The molecule has 0 spiro atoms. The maximum absolute atomic E-state index is 6.64. The van der Waals surface area contributed by atoms with E-state index >= 15 is 0 Å². The van der Waals surface area contributed by atoms with Crippen molar-refractivity contribution in [2.75, 3.05) is 0 Å². The molecule has 9 aromatic carbocycles. The first kappa shape index (κ1) is 29.0. The first-order valence-corrected chi connectivity index (χ1v) is 18.4. The summed E-state index contributed by atoms with van der Waals surface area (Å²) < 4.78 is 13.3. The lowest BCUT2D eigenvalue weighted by atomic mass is 9.81. The fourth-order valence-corrected chi connectivity index (χ4v) is 9.56. The number of hydrogen-bond acceptors (Lipinski definition) is 2. The highest BCUT2D eigenvalue weighted by molar-refractivity contribution is 6.25. The SMILES string of the molecule is CC1(C)c2ccccc2-c2cc(-c3c4ccccc4c(-c4ccc5c(c4)oc4ccc6c7cc8ccccc8cc7oc6c45)c4ccccc34)ccc21. The summed E-state index contributed by atoms with van der Waals surface area (Å²) in [7, 11) is 0. The highest BCUT2D eigenvalue weighted by atomic mass is 16.3. The van der Waals surface area contributed by atoms with E-state index in [9.17, 15) is 0 Å². The van der Waals surface area contributed by atoms with Crippen LogP contribution >= 0.6 is 0 Å². The summed E-state index contributed by atoms with van der Waals surface area (Å²) in [5.74, 6) is 0. The van der Waals surface area contributed by atoms with Gasteiger partial charge in [0, 0.05) is 21.6 Å². The van der Waals surface area contributed by atoms with Gasteiger partial charge in [-0.1, -0.05) is 129 Å². The van der Waals surface area contributed by atoms with E-state index in [4.69, 9.17) is 8.83 Å². The molecule has 0 bridgehead atoms. The largest absolute Gasteiger partial charge is 0.456 e. The Balaban J connectivity index is 1.08. The van der Waals surface area contributed by atoms with E-state index in [2.05, 4.69) is 172 Å². The van der Waals surface area contributed by atoms with Gasteiger partial charge in [0.25, 0.3) is 0 Å². The van der Waals surface area contributed by atoms with Crippen molar-refractivity contribution in [3.8, 4) is 33.4 Å². The number of fused-ring (bicyclic) bond motifs is 13. The van der Waals surface area contributed by atoms with Gasteiger partial charge in [-0.25, -0.2) is 0 Å². The molecule has 2 heterocycles.